The van der Waals surface area contributed by atoms with Crippen LogP contribution in [0.1, 0.15) is 43.4 Å². The molecule has 2 heterocycles. The van der Waals surface area contributed by atoms with Crippen molar-refractivity contribution < 1.29 is 0 Å². The number of hydrogen-bond acceptors (Lipinski definition) is 4. The molecule has 25 heavy (non-hydrogen) atoms. The van der Waals surface area contributed by atoms with Gasteiger partial charge in [0, 0.05) is 31.2 Å². The number of aryl methyl sites for hydroxylation is 3. The lowest BCUT2D eigenvalue weighted by atomic mass is 10.0. The smallest absolute Gasteiger partial charge is 0.115 e. The van der Waals surface area contributed by atoms with Crippen molar-refractivity contribution in [2.45, 2.75) is 53.5 Å². The second-order valence-corrected chi connectivity index (χ2v) is 7.20. The van der Waals surface area contributed by atoms with Gasteiger partial charge in [-0.15, -0.1) is 0 Å². The largest absolute Gasteiger partial charge is 0.379 e. The fourth-order valence-electron chi connectivity index (χ4n) is 3.88. The Balaban J connectivity index is 1.93. The fourth-order valence-corrected chi connectivity index (χ4v) is 3.88. The van der Waals surface area contributed by atoms with Crippen LogP contribution < -0.4 is 10.2 Å². The van der Waals surface area contributed by atoms with E-state index in [0.29, 0.717) is 12.7 Å². The molecule has 4 heteroatoms. The quantitative estimate of drug-likeness (QED) is 0.871. The van der Waals surface area contributed by atoms with E-state index in [1.54, 1.807) is 0 Å². The number of nitrogens with zero attached hydrogens (tertiary/aromatic N) is 3. The van der Waals surface area contributed by atoms with E-state index >= 15 is 0 Å². The van der Waals surface area contributed by atoms with Gasteiger partial charge in [-0.2, -0.15) is 0 Å². The second kappa shape index (κ2) is 6.95. The molecule has 0 fully saturated rings. The molecule has 1 N–H and O–H groups in total. The van der Waals surface area contributed by atoms with Gasteiger partial charge >= 0.3 is 0 Å². The lowest BCUT2D eigenvalue weighted by Crippen LogP contribution is -2.36. The Bertz CT molecular complexity index is 730. The van der Waals surface area contributed by atoms with E-state index in [2.05, 4.69) is 81.3 Å². The zero-order valence-corrected chi connectivity index (χ0v) is 16.3. The zero-order valence-electron chi connectivity index (χ0n) is 16.3. The van der Waals surface area contributed by atoms with Crippen LogP contribution >= 0.6 is 0 Å². The maximum atomic E-state index is 4.87. The minimum atomic E-state index is 0.485. The minimum Gasteiger partial charge on any atom is -0.379 e. The molecule has 1 aromatic rings. The fraction of sp³-hybridized carbons (Fsp3) is 0.476. The molecule has 0 radical (unpaired) electrons. The molecule has 0 aliphatic carbocycles. The van der Waals surface area contributed by atoms with E-state index in [1.807, 2.05) is 0 Å². The van der Waals surface area contributed by atoms with Crippen molar-refractivity contribution >= 4 is 11.4 Å². The molecule has 0 unspecified atom stereocenters. The monoisotopic (exact) mass is 338 g/mol. The first kappa shape index (κ1) is 17.6. The van der Waals surface area contributed by atoms with Gasteiger partial charge in [-0.3, -0.25) is 4.99 Å². The first-order chi connectivity index (χ1) is 11.9. The second-order valence-electron chi connectivity index (χ2n) is 7.20. The van der Waals surface area contributed by atoms with Gasteiger partial charge in [0.25, 0.3) is 0 Å². The van der Waals surface area contributed by atoms with E-state index < -0.39 is 0 Å². The van der Waals surface area contributed by atoms with Gasteiger partial charge in [0.15, 0.2) is 0 Å². The highest BCUT2D eigenvalue weighted by atomic mass is 15.3. The predicted molar refractivity (Wildman–Crippen MR) is 107 cm³/mol. The van der Waals surface area contributed by atoms with Crippen LogP contribution in [0.3, 0.4) is 0 Å². The maximum Gasteiger partial charge on any atom is 0.115 e. The molecule has 134 valence electrons. The summed E-state index contributed by atoms with van der Waals surface area (Å²) in [4.78, 5) is 9.35. The van der Waals surface area contributed by atoms with Crippen LogP contribution in [0.2, 0.25) is 0 Å². The average Bonchev–Trinajstić information content (AvgIpc) is 2.95. The molecule has 0 aromatic heterocycles. The highest BCUT2D eigenvalue weighted by Gasteiger charge is 2.31. The van der Waals surface area contributed by atoms with Crippen LogP contribution in [0, 0.1) is 20.8 Å². The Morgan fingerprint density at radius 2 is 1.72 bits per heavy atom. The summed E-state index contributed by atoms with van der Waals surface area (Å²) in [5.74, 6) is 0. The van der Waals surface area contributed by atoms with Gasteiger partial charge in [0.1, 0.15) is 12.4 Å². The van der Waals surface area contributed by atoms with E-state index in [9.17, 15) is 0 Å². The SMILES string of the molecule is CCC(CC)NC1=CN(C)C=C2C1=NCN2c1c(C)cc(C)cc1C. The van der Waals surface area contributed by atoms with Gasteiger partial charge < -0.3 is 15.1 Å². The number of aliphatic imine (C=N–C) groups is 1. The van der Waals surface area contributed by atoms with Crippen LogP contribution in [0.15, 0.2) is 40.9 Å². The number of anilines is 1. The van der Waals surface area contributed by atoms with Gasteiger partial charge in [0.2, 0.25) is 0 Å². The lowest BCUT2D eigenvalue weighted by molar-refractivity contribution is 0.526. The van der Waals surface area contributed by atoms with Gasteiger partial charge in [0.05, 0.1) is 11.4 Å². The number of fused-ring (bicyclic) bond motifs is 1. The summed E-state index contributed by atoms with van der Waals surface area (Å²) in [6.07, 6.45) is 6.56. The Kier molecular flexibility index (Phi) is 4.89. The van der Waals surface area contributed by atoms with E-state index in [-0.39, 0.29) is 0 Å². The van der Waals surface area contributed by atoms with Crippen molar-refractivity contribution in [3.05, 3.63) is 52.6 Å². The molecular weight excluding hydrogens is 308 g/mol. The Labute approximate surface area is 151 Å². The molecule has 0 atom stereocenters. The maximum absolute atomic E-state index is 4.87. The topological polar surface area (TPSA) is 30.9 Å². The van der Waals surface area contributed by atoms with Crippen molar-refractivity contribution in [2.75, 3.05) is 18.6 Å². The molecule has 2 aliphatic heterocycles. The van der Waals surface area contributed by atoms with Crippen molar-refractivity contribution in [3.63, 3.8) is 0 Å². The van der Waals surface area contributed by atoms with Crippen LogP contribution in [0.4, 0.5) is 5.69 Å². The Hall–Kier alpha value is -2.23. The molecule has 4 nitrogen and oxygen atoms in total. The van der Waals surface area contributed by atoms with Crippen molar-refractivity contribution in [1.82, 2.24) is 10.2 Å². The first-order valence-corrected chi connectivity index (χ1v) is 9.27. The zero-order chi connectivity index (χ0) is 18.1. The van der Waals surface area contributed by atoms with Crippen LogP contribution in [0.25, 0.3) is 0 Å². The Morgan fingerprint density at radius 3 is 2.32 bits per heavy atom. The molecule has 2 aliphatic rings. The molecule has 1 aromatic carbocycles. The van der Waals surface area contributed by atoms with E-state index in [1.165, 1.54) is 28.1 Å². The molecule has 0 amide bonds. The predicted octanol–water partition coefficient (Wildman–Crippen LogP) is 4.24. The third kappa shape index (κ3) is 3.30. The van der Waals surface area contributed by atoms with Crippen LogP contribution in [0.5, 0.6) is 0 Å². The summed E-state index contributed by atoms with van der Waals surface area (Å²) in [6, 6.07) is 5.00. The summed E-state index contributed by atoms with van der Waals surface area (Å²) < 4.78 is 0. The molecule has 0 spiro atoms. The number of hydrogen-bond donors (Lipinski definition) is 1. The van der Waals surface area contributed by atoms with Crippen LogP contribution in [-0.4, -0.2) is 30.4 Å². The molecule has 0 saturated carbocycles. The van der Waals surface area contributed by atoms with Crippen molar-refractivity contribution in [3.8, 4) is 0 Å². The highest BCUT2D eigenvalue weighted by Crippen LogP contribution is 2.34. The average molecular weight is 338 g/mol. The van der Waals surface area contributed by atoms with Crippen molar-refractivity contribution in [2.24, 2.45) is 4.99 Å². The molecule has 0 bridgehead atoms. The first-order valence-electron chi connectivity index (χ1n) is 9.27. The number of rotatable bonds is 5. The lowest BCUT2D eigenvalue weighted by Gasteiger charge is -2.30. The standard InChI is InChI=1S/C21H30N4/c1-7-17(8-2)23-18-11-24(6)12-19-20(18)22-13-25(19)21-15(4)9-14(3)10-16(21)5/h9-12,17,23H,7-8,13H2,1-6H3. The van der Waals surface area contributed by atoms with Gasteiger partial charge in [-0.1, -0.05) is 31.5 Å². The molecule has 3 rings (SSSR count). The summed E-state index contributed by atoms with van der Waals surface area (Å²) in [5.41, 5.74) is 8.62. The highest BCUT2D eigenvalue weighted by molar-refractivity contribution is 6.16. The van der Waals surface area contributed by atoms with Crippen LogP contribution in [-0.2, 0) is 0 Å². The van der Waals surface area contributed by atoms with E-state index in [4.69, 9.17) is 4.99 Å². The summed E-state index contributed by atoms with van der Waals surface area (Å²) in [6.45, 7) is 11.7. The molecular formula is C21H30N4. The minimum absolute atomic E-state index is 0.485. The summed E-state index contributed by atoms with van der Waals surface area (Å²) >= 11 is 0. The van der Waals surface area contributed by atoms with Gasteiger partial charge in [-0.25, -0.2) is 0 Å². The summed E-state index contributed by atoms with van der Waals surface area (Å²) in [5, 5.41) is 3.69. The number of benzene rings is 1. The molecule has 0 saturated heterocycles. The van der Waals surface area contributed by atoms with E-state index in [0.717, 1.165) is 24.3 Å². The summed E-state index contributed by atoms with van der Waals surface area (Å²) in [7, 11) is 2.09. The number of nitrogens with one attached hydrogen (secondary N) is 1. The normalized spacial score (nSPS) is 16.7. The third-order valence-corrected chi connectivity index (χ3v) is 5.07. The van der Waals surface area contributed by atoms with Crippen molar-refractivity contribution in [1.29, 1.82) is 0 Å². The Morgan fingerprint density at radius 1 is 1.08 bits per heavy atom. The third-order valence-electron chi connectivity index (χ3n) is 5.07. The van der Waals surface area contributed by atoms with Gasteiger partial charge in [-0.05, 0) is 44.7 Å².